The molecule has 4 rings (SSSR count). The molecule has 3 aromatic carbocycles. The van der Waals surface area contributed by atoms with Crippen molar-refractivity contribution in [2.75, 3.05) is 13.2 Å². The molecule has 0 radical (unpaired) electrons. The van der Waals surface area contributed by atoms with Crippen LogP contribution < -0.4 is 4.74 Å². The molecule has 2 unspecified atom stereocenters. The van der Waals surface area contributed by atoms with E-state index in [-0.39, 0.29) is 29.2 Å². The lowest BCUT2D eigenvalue weighted by molar-refractivity contribution is 0.0326. The molecule has 0 aromatic heterocycles. The van der Waals surface area contributed by atoms with Gasteiger partial charge in [0.2, 0.25) is 5.82 Å². The summed E-state index contributed by atoms with van der Waals surface area (Å²) in [6.07, 6.45) is 11.3. The fourth-order valence-corrected chi connectivity index (χ4v) is 5.00. The summed E-state index contributed by atoms with van der Waals surface area (Å²) in [6, 6.07) is 15.2. The van der Waals surface area contributed by atoms with Crippen molar-refractivity contribution in [3.05, 3.63) is 89.8 Å². The molecule has 0 spiro atoms. The molecule has 2 nitrogen and oxygen atoms in total. The number of rotatable bonds is 11. The van der Waals surface area contributed by atoms with E-state index in [4.69, 9.17) is 9.47 Å². The van der Waals surface area contributed by atoms with Gasteiger partial charge >= 0.3 is 0 Å². The number of hydrogen-bond acceptors (Lipinski definition) is 2. The zero-order chi connectivity index (χ0) is 26.9. The summed E-state index contributed by atoms with van der Waals surface area (Å²) in [6.45, 7) is 5.07. The highest BCUT2D eigenvalue weighted by molar-refractivity contribution is 5.71. The van der Waals surface area contributed by atoms with Crippen LogP contribution in [0.15, 0.2) is 66.7 Å². The predicted octanol–water partition coefficient (Wildman–Crippen LogP) is 9.63. The zero-order valence-electron chi connectivity index (χ0n) is 22.3. The fourth-order valence-electron chi connectivity index (χ4n) is 5.00. The number of halogens is 3. The van der Waals surface area contributed by atoms with Crippen LogP contribution in [-0.4, -0.2) is 19.3 Å². The minimum atomic E-state index is -0.981. The van der Waals surface area contributed by atoms with Gasteiger partial charge in [-0.15, -0.1) is 0 Å². The Morgan fingerprint density at radius 2 is 1.55 bits per heavy atom. The molecule has 0 bridgehead atoms. The van der Waals surface area contributed by atoms with Gasteiger partial charge in [0.25, 0.3) is 0 Å². The van der Waals surface area contributed by atoms with E-state index in [1.165, 1.54) is 18.6 Å². The molecule has 0 amide bonds. The third kappa shape index (κ3) is 6.87. The first kappa shape index (κ1) is 28.0. The van der Waals surface area contributed by atoms with Gasteiger partial charge in [-0.05, 0) is 61.1 Å². The van der Waals surface area contributed by atoms with Crippen LogP contribution in [0.3, 0.4) is 0 Å². The largest absolute Gasteiger partial charge is 0.490 e. The molecule has 1 aliphatic rings. The van der Waals surface area contributed by atoms with Crippen molar-refractivity contribution in [2.24, 2.45) is 0 Å². The second-order valence-corrected chi connectivity index (χ2v) is 9.99. The van der Waals surface area contributed by atoms with Crippen molar-refractivity contribution < 1.29 is 22.6 Å². The van der Waals surface area contributed by atoms with Gasteiger partial charge < -0.3 is 9.47 Å². The molecule has 38 heavy (non-hydrogen) atoms. The van der Waals surface area contributed by atoms with Crippen molar-refractivity contribution in [3.8, 4) is 28.0 Å². The first-order chi connectivity index (χ1) is 18.5. The molecule has 1 aliphatic heterocycles. The number of allylic oxidation sites excluding steroid dienone is 1. The Balaban J connectivity index is 1.41. The third-order valence-electron chi connectivity index (χ3n) is 7.24. The molecule has 1 heterocycles. The van der Waals surface area contributed by atoms with Gasteiger partial charge in [0, 0.05) is 17.0 Å². The van der Waals surface area contributed by atoms with Crippen LogP contribution in [0.25, 0.3) is 22.3 Å². The first-order valence-electron chi connectivity index (χ1n) is 13.8. The quantitative estimate of drug-likeness (QED) is 0.184. The molecule has 5 heteroatoms. The number of hydrogen-bond donors (Lipinski definition) is 0. The molecular formula is C33H37F3O2. The van der Waals surface area contributed by atoms with Crippen LogP contribution in [-0.2, 0) is 4.74 Å². The van der Waals surface area contributed by atoms with E-state index >= 15 is 4.39 Å². The van der Waals surface area contributed by atoms with Crippen molar-refractivity contribution in [1.29, 1.82) is 0 Å². The summed E-state index contributed by atoms with van der Waals surface area (Å²) >= 11 is 0. The highest BCUT2D eigenvalue weighted by atomic mass is 19.2. The van der Waals surface area contributed by atoms with Crippen LogP contribution in [0.2, 0.25) is 0 Å². The van der Waals surface area contributed by atoms with E-state index in [0.29, 0.717) is 29.9 Å². The van der Waals surface area contributed by atoms with Gasteiger partial charge in [-0.2, -0.15) is 4.39 Å². The minimum absolute atomic E-state index is 0.0683. The van der Waals surface area contributed by atoms with Crippen molar-refractivity contribution in [1.82, 2.24) is 0 Å². The Morgan fingerprint density at radius 3 is 2.21 bits per heavy atom. The number of unbranched alkanes of at least 4 members (excludes halogenated alkanes) is 4. The van der Waals surface area contributed by atoms with Gasteiger partial charge in [0.15, 0.2) is 11.6 Å². The van der Waals surface area contributed by atoms with E-state index in [0.717, 1.165) is 44.1 Å². The molecule has 0 aliphatic carbocycles. The van der Waals surface area contributed by atoms with E-state index < -0.39 is 11.6 Å². The molecule has 2 atom stereocenters. The van der Waals surface area contributed by atoms with E-state index in [2.05, 4.69) is 13.0 Å². The normalized spacial score (nSPS) is 17.7. The Kier molecular flexibility index (Phi) is 10.1. The maximum absolute atomic E-state index is 15.1. The topological polar surface area (TPSA) is 18.5 Å². The lowest BCUT2D eigenvalue weighted by Gasteiger charge is -2.28. The predicted molar refractivity (Wildman–Crippen MR) is 148 cm³/mol. The third-order valence-corrected chi connectivity index (χ3v) is 7.24. The highest BCUT2D eigenvalue weighted by Gasteiger charge is 2.22. The van der Waals surface area contributed by atoms with Gasteiger partial charge in [-0.1, -0.05) is 81.2 Å². The van der Waals surface area contributed by atoms with Crippen molar-refractivity contribution in [2.45, 2.75) is 70.8 Å². The number of benzene rings is 3. The summed E-state index contributed by atoms with van der Waals surface area (Å²) in [5.41, 5.74) is 2.74. The second-order valence-electron chi connectivity index (χ2n) is 9.99. The molecule has 3 aromatic rings. The molecule has 1 fully saturated rings. The lowest BCUT2D eigenvalue weighted by atomic mass is 9.89. The van der Waals surface area contributed by atoms with Crippen LogP contribution in [0, 0.1) is 17.5 Å². The SMILES string of the molecule is CC=CC1CCC(c2ccc(-c3ccc(-c4ccc(OCCCCCCC)c(F)c4F)cc3)c(F)c2)CO1. The summed E-state index contributed by atoms with van der Waals surface area (Å²) in [4.78, 5) is 0. The second kappa shape index (κ2) is 13.7. The Bertz CT molecular complexity index is 1210. The van der Waals surface area contributed by atoms with E-state index in [1.807, 2.05) is 19.1 Å². The Labute approximate surface area is 224 Å². The lowest BCUT2D eigenvalue weighted by Crippen LogP contribution is -2.23. The molecular weight excluding hydrogens is 485 g/mol. The Hall–Kier alpha value is -3.05. The average Bonchev–Trinajstić information content (AvgIpc) is 2.94. The molecule has 0 N–H and O–H groups in total. The summed E-state index contributed by atoms with van der Waals surface area (Å²) in [5, 5.41) is 0. The molecule has 202 valence electrons. The van der Waals surface area contributed by atoms with Crippen LogP contribution in [0.5, 0.6) is 5.75 Å². The van der Waals surface area contributed by atoms with Gasteiger partial charge in [0.1, 0.15) is 5.82 Å². The first-order valence-corrected chi connectivity index (χ1v) is 13.8. The number of ether oxygens (including phenoxy) is 2. The van der Waals surface area contributed by atoms with Gasteiger partial charge in [-0.3, -0.25) is 0 Å². The minimum Gasteiger partial charge on any atom is -0.490 e. The fraction of sp³-hybridized carbons (Fsp3) is 0.394. The van der Waals surface area contributed by atoms with Crippen molar-refractivity contribution in [3.63, 3.8) is 0 Å². The molecule has 1 saturated heterocycles. The highest BCUT2D eigenvalue weighted by Crippen LogP contribution is 2.34. The van der Waals surface area contributed by atoms with E-state index in [9.17, 15) is 8.78 Å². The summed E-state index contributed by atoms with van der Waals surface area (Å²) < 4.78 is 56.0. The standard InChI is InChI=1S/C33H37F3O2/c1-3-5-6-7-8-20-37-31-19-18-29(32(35)33(31)36)24-12-10-23(11-13-24)28-17-15-25(21-30(28)34)26-14-16-27(9-4-2)38-22-26/h4,9-13,15,17-19,21,26-27H,3,5-8,14,16,20,22H2,1-2H3. The van der Waals surface area contributed by atoms with Crippen LogP contribution in [0.1, 0.15) is 70.3 Å². The van der Waals surface area contributed by atoms with Crippen LogP contribution >= 0.6 is 0 Å². The smallest absolute Gasteiger partial charge is 0.201 e. The van der Waals surface area contributed by atoms with E-state index in [1.54, 1.807) is 36.4 Å². The van der Waals surface area contributed by atoms with Crippen molar-refractivity contribution >= 4 is 0 Å². The summed E-state index contributed by atoms with van der Waals surface area (Å²) in [7, 11) is 0. The zero-order valence-corrected chi connectivity index (χ0v) is 22.3. The molecule has 0 saturated carbocycles. The maximum Gasteiger partial charge on any atom is 0.201 e. The monoisotopic (exact) mass is 522 g/mol. The summed E-state index contributed by atoms with van der Waals surface area (Å²) in [5.74, 6) is -2.12. The van der Waals surface area contributed by atoms with Crippen LogP contribution in [0.4, 0.5) is 13.2 Å². The van der Waals surface area contributed by atoms with Gasteiger partial charge in [-0.25, -0.2) is 8.78 Å². The Morgan fingerprint density at radius 1 is 0.842 bits per heavy atom. The van der Waals surface area contributed by atoms with Gasteiger partial charge in [0.05, 0.1) is 19.3 Å². The maximum atomic E-state index is 15.1. The average molecular weight is 523 g/mol.